The molecule has 3 nitrogen and oxygen atoms in total. The fourth-order valence-electron chi connectivity index (χ4n) is 1.88. The van der Waals surface area contributed by atoms with Gasteiger partial charge in [-0.3, -0.25) is 0 Å². The molecule has 1 atom stereocenters. The number of anilines is 1. The lowest BCUT2D eigenvalue weighted by molar-refractivity contribution is 0.443. The number of hydrogen-bond donors (Lipinski definition) is 0. The number of hydrogen-bond acceptors (Lipinski definition) is 3. The van der Waals surface area contributed by atoms with Gasteiger partial charge >= 0.3 is 0 Å². The standard InChI is InChI=1S/C10H14ClN3/c1-8-3-2-6-14(7-8)10-5-4-9(11)12-13-10/h4-5,8H,2-3,6-7H2,1H3. The summed E-state index contributed by atoms with van der Waals surface area (Å²) in [5.41, 5.74) is 0. The third kappa shape index (κ3) is 2.15. The zero-order valence-corrected chi connectivity index (χ0v) is 9.04. The van der Waals surface area contributed by atoms with Crippen LogP contribution < -0.4 is 4.90 Å². The van der Waals surface area contributed by atoms with Crippen LogP contribution in [0.1, 0.15) is 19.8 Å². The summed E-state index contributed by atoms with van der Waals surface area (Å²) >= 11 is 5.69. The first-order valence-corrected chi connectivity index (χ1v) is 5.37. The van der Waals surface area contributed by atoms with Gasteiger partial charge in [-0.15, -0.1) is 10.2 Å². The molecule has 76 valence electrons. The SMILES string of the molecule is CC1CCCN(c2ccc(Cl)nn2)C1. The van der Waals surface area contributed by atoms with Crippen LogP contribution in [0.25, 0.3) is 0 Å². The van der Waals surface area contributed by atoms with E-state index in [4.69, 9.17) is 11.6 Å². The second-order valence-corrected chi connectivity index (χ2v) is 4.29. The quantitative estimate of drug-likeness (QED) is 0.714. The maximum absolute atomic E-state index is 5.69. The van der Waals surface area contributed by atoms with Crippen LogP contribution in [-0.2, 0) is 0 Å². The highest BCUT2D eigenvalue weighted by molar-refractivity contribution is 6.29. The highest BCUT2D eigenvalue weighted by atomic mass is 35.5. The third-order valence-corrected chi connectivity index (χ3v) is 2.80. The summed E-state index contributed by atoms with van der Waals surface area (Å²) in [5, 5.41) is 8.39. The second kappa shape index (κ2) is 4.13. The number of halogens is 1. The molecule has 1 unspecified atom stereocenters. The van der Waals surface area contributed by atoms with Crippen molar-refractivity contribution in [2.75, 3.05) is 18.0 Å². The molecule has 1 aromatic heterocycles. The minimum atomic E-state index is 0.457. The van der Waals surface area contributed by atoms with Crippen LogP contribution in [0.2, 0.25) is 5.15 Å². The Balaban J connectivity index is 2.10. The topological polar surface area (TPSA) is 29.0 Å². The molecule has 0 amide bonds. The van der Waals surface area contributed by atoms with Gasteiger partial charge in [-0.1, -0.05) is 18.5 Å². The van der Waals surface area contributed by atoms with Gasteiger partial charge in [-0.05, 0) is 30.9 Å². The first kappa shape index (κ1) is 9.71. The van der Waals surface area contributed by atoms with Crippen molar-refractivity contribution in [3.8, 4) is 0 Å². The molecule has 1 aliphatic rings. The van der Waals surface area contributed by atoms with Crippen molar-refractivity contribution in [1.29, 1.82) is 0 Å². The van der Waals surface area contributed by atoms with Crippen molar-refractivity contribution in [1.82, 2.24) is 10.2 Å². The van der Waals surface area contributed by atoms with E-state index in [0.717, 1.165) is 24.8 Å². The first-order valence-electron chi connectivity index (χ1n) is 5.00. The van der Waals surface area contributed by atoms with Gasteiger partial charge in [0.15, 0.2) is 11.0 Å². The largest absolute Gasteiger partial charge is 0.355 e. The molecule has 0 aromatic carbocycles. The van der Waals surface area contributed by atoms with E-state index in [2.05, 4.69) is 22.0 Å². The number of piperidine rings is 1. The van der Waals surface area contributed by atoms with E-state index in [-0.39, 0.29) is 0 Å². The van der Waals surface area contributed by atoms with Crippen molar-refractivity contribution in [2.45, 2.75) is 19.8 Å². The van der Waals surface area contributed by atoms with Gasteiger partial charge in [-0.2, -0.15) is 0 Å². The minimum Gasteiger partial charge on any atom is -0.355 e. The minimum absolute atomic E-state index is 0.457. The number of nitrogens with zero attached hydrogens (tertiary/aromatic N) is 3. The Labute approximate surface area is 89.1 Å². The molecule has 14 heavy (non-hydrogen) atoms. The van der Waals surface area contributed by atoms with E-state index in [1.54, 1.807) is 6.07 Å². The van der Waals surface area contributed by atoms with E-state index < -0.39 is 0 Å². The Bertz CT molecular complexity index is 299. The molecular weight excluding hydrogens is 198 g/mol. The maximum Gasteiger partial charge on any atom is 0.151 e. The predicted molar refractivity (Wildman–Crippen MR) is 57.7 cm³/mol. The van der Waals surface area contributed by atoms with Gasteiger partial charge in [0.2, 0.25) is 0 Å². The molecule has 4 heteroatoms. The van der Waals surface area contributed by atoms with Crippen LogP contribution in [0.5, 0.6) is 0 Å². The van der Waals surface area contributed by atoms with Gasteiger partial charge in [0.05, 0.1) is 0 Å². The van der Waals surface area contributed by atoms with Crippen LogP contribution in [0, 0.1) is 5.92 Å². The van der Waals surface area contributed by atoms with Crippen LogP contribution in [0.15, 0.2) is 12.1 Å². The average molecular weight is 212 g/mol. The van der Waals surface area contributed by atoms with E-state index in [0.29, 0.717) is 5.15 Å². The summed E-state index contributed by atoms with van der Waals surface area (Å²) in [6.07, 6.45) is 2.56. The van der Waals surface area contributed by atoms with Crippen LogP contribution in [0.3, 0.4) is 0 Å². The lowest BCUT2D eigenvalue weighted by Crippen LogP contribution is -2.34. The van der Waals surface area contributed by atoms with Crippen molar-refractivity contribution < 1.29 is 0 Å². The molecule has 0 bridgehead atoms. The third-order valence-electron chi connectivity index (χ3n) is 2.60. The van der Waals surface area contributed by atoms with E-state index in [9.17, 15) is 0 Å². The first-order chi connectivity index (χ1) is 6.75. The average Bonchev–Trinajstić information content (AvgIpc) is 2.19. The Morgan fingerprint density at radius 1 is 1.43 bits per heavy atom. The van der Waals surface area contributed by atoms with E-state index >= 15 is 0 Å². The van der Waals surface area contributed by atoms with Gasteiger partial charge < -0.3 is 4.90 Å². The zero-order chi connectivity index (χ0) is 9.97. The van der Waals surface area contributed by atoms with Gasteiger partial charge in [-0.25, -0.2) is 0 Å². The molecule has 1 fully saturated rings. The summed E-state index contributed by atoms with van der Waals surface area (Å²) in [4.78, 5) is 2.28. The lowest BCUT2D eigenvalue weighted by atomic mass is 10.0. The summed E-state index contributed by atoms with van der Waals surface area (Å²) in [6, 6.07) is 3.73. The Kier molecular flexibility index (Phi) is 2.87. The molecule has 0 saturated carbocycles. The number of aromatic nitrogens is 2. The molecule has 2 rings (SSSR count). The van der Waals surface area contributed by atoms with Gasteiger partial charge in [0.25, 0.3) is 0 Å². The smallest absolute Gasteiger partial charge is 0.151 e. The molecule has 1 aliphatic heterocycles. The highest BCUT2D eigenvalue weighted by Crippen LogP contribution is 2.20. The summed E-state index contributed by atoms with van der Waals surface area (Å²) in [5.74, 6) is 1.70. The van der Waals surface area contributed by atoms with Crippen LogP contribution >= 0.6 is 11.6 Å². The monoisotopic (exact) mass is 211 g/mol. The Morgan fingerprint density at radius 2 is 2.29 bits per heavy atom. The normalized spacial score (nSPS) is 22.4. The highest BCUT2D eigenvalue weighted by Gasteiger charge is 2.17. The van der Waals surface area contributed by atoms with Crippen molar-refractivity contribution in [2.24, 2.45) is 5.92 Å². The molecule has 1 aromatic rings. The lowest BCUT2D eigenvalue weighted by Gasteiger charge is -2.31. The second-order valence-electron chi connectivity index (χ2n) is 3.91. The summed E-state index contributed by atoms with van der Waals surface area (Å²) in [7, 11) is 0. The number of rotatable bonds is 1. The van der Waals surface area contributed by atoms with E-state index in [1.165, 1.54) is 12.8 Å². The molecule has 0 spiro atoms. The molecule has 0 aliphatic carbocycles. The fourth-order valence-corrected chi connectivity index (χ4v) is 1.98. The van der Waals surface area contributed by atoms with Gasteiger partial charge in [0, 0.05) is 13.1 Å². The molecule has 0 radical (unpaired) electrons. The summed E-state index contributed by atoms with van der Waals surface area (Å²) < 4.78 is 0. The van der Waals surface area contributed by atoms with E-state index in [1.807, 2.05) is 6.07 Å². The Hall–Kier alpha value is -0.830. The molecule has 2 heterocycles. The predicted octanol–water partition coefficient (Wildman–Crippen LogP) is 2.37. The van der Waals surface area contributed by atoms with Crippen molar-refractivity contribution in [3.05, 3.63) is 17.3 Å². The Morgan fingerprint density at radius 3 is 2.93 bits per heavy atom. The van der Waals surface area contributed by atoms with Crippen LogP contribution in [-0.4, -0.2) is 23.3 Å². The summed E-state index contributed by atoms with van der Waals surface area (Å²) in [6.45, 7) is 4.44. The fraction of sp³-hybridized carbons (Fsp3) is 0.600. The van der Waals surface area contributed by atoms with Crippen LogP contribution in [0.4, 0.5) is 5.82 Å². The van der Waals surface area contributed by atoms with Gasteiger partial charge in [0.1, 0.15) is 0 Å². The molecule has 0 N–H and O–H groups in total. The maximum atomic E-state index is 5.69. The van der Waals surface area contributed by atoms with Crippen molar-refractivity contribution >= 4 is 17.4 Å². The zero-order valence-electron chi connectivity index (χ0n) is 8.28. The van der Waals surface area contributed by atoms with Crippen molar-refractivity contribution in [3.63, 3.8) is 0 Å². The molecular formula is C10H14ClN3. The molecule has 1 saturated heterocycles.